The van der Waals surface area contributed by atoms with Crippen molar-refractivity contribution >= 4 is 0 Å². The average molecular weight is 155 g/mol. The Balaban J connectivity index is 1.99. The van der Waals surface area contributed by atoms with Gasteiger partial charge in [0, 0.05) is 6.54 Å². The number of hydrogen-bond acceptors (Lipinski definition) is 3. The molecule has 2 aliphatic heterocycles. The van der Waals surface area contributed by atoms with Gasteiger partial charge in [0.2, 0.25) is 0 Å². The molecule has 0 aromatic rings. The summed E-state index contributed by atoms with van der Waals surface area (Å²) in [5.74, 6) is 6.68. The summed E-state index contributed by atoms with van der Waals surface area (Å²) in [6.45, 7) is 2.21. The van der Waals surface area contributed by atoms with Crippen LogP contribution in [0.15, 0.2) is 0 Å². The Morgan fingerprint density at radius 1 is 1.27 bits per heavy atom. The van der Waals surface area contributed by atoms with E-state index in [1.807, 2.05) is 5.01 Å². The van der Waals surface area contributed by atoms with Crippen molar-refractivity contribution < 1.29 is 0 Å². The van der Waals surface area contributed by atoms with Gasteiger partial charge in [-0.1, -0.05) is 0 Å². The quantitative estimate of drug-likeness (QED) is 0.494. The standard InChI is InChI=1S/C8H17N3/c9-11-6-2-4-7-3-1-5-10-8(7)11/h7-8,10H,1-6,9H2. The average Bonchev–Trinajstić information content (AvgIpc) is 2.06. The maximum Gasteiger partial charge on any atom is 0.0758 e. The first-order valence-corrected chi connectivity index (χ1v) is 4.62. The van der Waals surface area contributed by atoms with E-state index in [4.69, 9.17) is 5.84 Å². The van der Waals surface area contributed by atoms with Gasteiger partial charge >= 0.3 is 0 Å². The number of rotatable bonds is 0. The van der Waals surface area contributed by atoms with Gasteiger partial charge in [0.15, 0.2) is 0 Å². The van der Waals surface area contributed by atoms with E-state index in [0.29, 0.717) is 6.17 Å². The maximum atomic E-state index is 5.86. The molecule has 0 bridgehead atoms. The molecule has 3 heteroatoms. The third kappa shape index (κ3) is 1.41. The number of nitrogens with one attached hydrogen (secondary N) is 1. The molecule has 3 N–H and O–H groups in total. The van der Waals surface area contributed by atoms with Crippen molar-refractivity contribution in [2.24, 2.45) is 11.8 Å². The van der Waals surface area contributed by atoms with E-state index in [1.54, 1.807) is 0 Å². The predicted octanol–water partition coefficient (Wildman–Crippen LogP) is 0.282. The molecule has 2 heterocycles. The molecule has 64 valence electrons. The second-order valence-corrected chi connectivity index (χ2v) is 3.68. The van der Waals surface area contributed by atoms with Crippen LogP contribution in [-0.4, -0.2) is 24.3 Å². The molecule has 11 heavy (non-hydrogen) atoms. The normalized spacial score (nSPS) is 40.1. The van der Waals surface area contributed by atoms with Crippen LogP contribution in [0.5, 0.6) is 0 Å². The molecule has 0 radical (unpaired) electrons. The Morgan fingerprint density at radius 2 is 2.09 bits per heavy atom. The van der Waals surface area contributed by atoms with Gasteiger partial charge in [0.1, 0.15) is 0 Å². The lowest BCUT2D eigenvalue weighted by molar-refractivity contribution is 0.0452. The van der Waals surface area contributed by atoms with Gasteiger partial charge < -0.3 is 5.32 Å². The molecule has 0 aromatic carbocycles. The first kappa shape index (κ1) is 7.53. The lowest BCUT2D eigenvalue weighted by Crippen LogP contribution is -2.58. The van der Waals surface area contributed by atoms with E-state index >= 15 is 0 Å². The van der Waals surface area contributed by atoms with Gasteiger partial charge in [0.05, 0.1) is 6.17 Å². The third-order valence-corrected chi connectivity index (χ3v) is 2.90. The van der Waals surface area contributed by atoms with Crippen molar-refractivity contribution in [3.05, 3.63) is 0 Å². The molecule has 3 nitrogen and oxygen atoms in total. The summed E-state index contributed by atoms with van der Waals surface area (Å²) in [6, 6.07) is 0. The van der Waals surface area contributed by atoms with Crippen LogP contribution >= 0.6 is 0 Å². The number of hydrogen-bond donors (Lipinski definition) is 2. The second-order valence-electron chi connectivity index (χ2n) is 3.68. The van der Waals surface area contributed by atoms with Crippen molar-refractivity contribution in [3.8, 4) is 0 Å². The first-order valence-electron chi connectivity index (χ1n) is 4.62. The fourth-order valence-electron chi connectivity index (χ4n) is 2.30. The third-order valence-electron chi connectivity index (χ3n) is 2.90. The van der Waals surface area contributed by atoms with Gasteiger partial charge in [-0.25, -0.2) is 5.01 Å². The highest BCUT2D eigenvalue weighted by molar-refractivity contribution is 4.83. The smallest absolute Gasteiger partial charge is 0.0758 e. The molecule has 2 rings (SSSR count). The first-order chi connectivity index (χ1) is 5.38. The van der Waals surface area contributed by atoms with Crippen LogP contribution in [-0.2, 0) is 0 Å². The van der Waals surface area contributed by atoms with Crippen molar-refractivity contribution in [1.82, 2.24) is 10.3 Å². The number of hydrazine groups is 1. The van der Waals surface area contributed by atoms with Crippen LogP contribution in [0.1, 0.15) is 25.7 Å². The van der Waals surface area contributed by atoms with Crippen molar-refractivity contribution in [2.75, 3.05) is 13.1 Å². The SMILES string of the molecule is NN1CCCC2CCCNC21. The van der Waals surface area contributed by atoms with E-state index in [1.165, 1.54) is 25.7 Å². The predicted molar refractivity (Wildman–Crippen MR) is 44.6 cm³/mol. The largest absolute Gasteiger partial charge is 0.300 e. The molecule has 2 atom stereocenters. The highest BCUT2D eigenvalue weighted by Crippen LogP contribution is 2.26. The molecule has 0 spiro atoms. The maximum absolute atomic E-state index is 5.86. The highest BCUT2D eigenvalue weighted by atomic mass is 15.5. The summed E-state index contributed by atoms with van der Waals surface area (Å²) in [6.07, 6.45) is 5.82. The van der Waals surface area contributed by atoms with Crippen LogP contribution in [0.3, 0.4) is 0 Å². The molecule has 0 aliphatic carbocycles. The molecule has 0 amide bonds. The van der Waals surface area contributed by atoms with Gasteiger partial charge in [0.25, 0.3) is 0 Å². The molecule has 2 unspecified atom stereocenters. The lowest BCUT2D eigenvalue weighted by atomic mass is 9.88. The number of nitrogens with two attached hydrogens (primary N) is 1. The topological polar surface area (TPSA) is 41.3 Å². The van der Waals surface area contributed by atoms with Crippen LogP contribution in [0.25, 0.3) is 0 Å². The van der Waals surface area contributed by atoms with Crippen molar-refractivity contribution in [2.45, 2.75) is 31.8 Å². The van der Waals surface area contributed by atoms with Crippen LogP contribution in [0.4, 0.5) is 0 Å². The zero-order valence-corrected chi connectivity index (χ0v) is 6.92. The zero-order valence-electron chi connectivity index (χ0n) is 6.92. The van der Waals surface area contributed by atoms with Gasteiger partial charge in [-0.05, 0) is 38.1 Å². The summed E-state index contributed by atoms with van der Waals surface area (Å²) in [4.78, 5) is 0. The Morgan fingerprint density at radius 3 is 2.91 bits per heavy atom. The summed E-state index contributed by atoms with van der Waals surface area (Å²) in [7, 11) is 0. The Hall–Kier alpha value is -0.120. The summed E-state index contributed by atoms with van der Waals surface area (Å²) < 4.78 is 0. The van der Waals surface area contributed by atoms with E-state index in [-0.39, 0.29) is 0 Å². The van der Waals surface area contributed by atoms with Crippen molar-refractivity contribution in [1.29, 1.82) is 0 Å². The van der Waals surface area contributed by atoms with Gasteiger partial charge in [-0.3, -0.25) is 5.84 Å². The fraction of sp³-hybridized carbons (Fsp3) is 1.00. The minimum atomic E-state index is 0.484. The lowest BCUT2D eigenvalue weighted by Gasteiger charge is -2.42. The molecular weight excluding hydrogens is 138 g/mol. The van der Waals surface area contributed by atoms with Gasteiger partial charge in [-0.15, -0.1) is 0 Å². The van der Waals surface area contributed by atoms with E-state index in [2.05, 4.69) is 5.32 Å². The Bertz CT molecular complexity index is 135. The molecule has 2 saturated heterocycles. The Labute approximate surface area is 67.9 Å². The van der Waals surface area contributed by atoms with Crippen molar-refractivity contribution in [3.63, 3.8) is 0 Å². The number of piperidine rings is 2. The molecule has 0 saturated carbocycles. The molecule has 2 aliphatic rings. The molecule has 2 fully saturated rings. The fourth-order valence-corrected chi connectivity index (χ4v) is 2.30. The van der Waals surface area contributed by atoms with E-state index < -0.39 is 0 Å². The summed E-state index contributed by atoms with van der Waals surface area (Å²) in [5, 5.41) is 5.45. The van der Waals surface area contributed by atoms with Gasteiger partial charge in [-0.2, -0.15) is 0 Å². The summed E-state index contributed by atoms with van der Waals surface area (Å²) in [5.41, 5.74) is 0. The zero-order chi connectivity index (χ0) is 7.68. The number of nitrogens with zero attached hydrogens (tertiary/aromatic N) is 1. The summed E-state index contributed by atoms with van der Waals surface area (Å²) >= 11 is 0. The minimum Gasteiger partial charge on any atom is -0.300 e. The van der Waals surface area contributed by atoms with Crippen LogP contribution in [0.2, 0.25) is 0 Å². The Kier molecular flexibility index (Phi) is 2.11. The van der Waals surface area contributed by atoms with Crippen LogP contribution < -0.4 is 11.2 Å². The van der Waals surface area contributed by atoms with E-state index in [9.17, 15) is 0 Å². The second kappa shape index (κ2) is 3.09. The molecule has 0 aromatic heterocycles. The molecular formula is C8H17N3. The monoisotopic (exact) mass is 155 g/mol. The van der Waals surface area contributed by atoms with Crippen LogP contribution in [0, 0.1) is 5.92 Å². The van der Waals surface area contributed by atoms with E-state index in [0.717, 1.165) is 19.0 Å². The highest BCUT2D eigenvalue weighted by Gasteiger charge is 2.30. The minimum absolute atomic E-state index is 0.484. The number of fused-ring (bicyclic) bond motifs is 1.